The van der Waals surface area contributed by atoms with E-state index in [2.05, 4.69) is 35.6 Å². The third kappa shape index (κ3) is 3.91. The zero-order valence-corrected chi connectivity index (χ0v) is 18.4. The van der Waals surface area contributed by atoms with Gasteiger partial charge in [-0.25, -0.2) is 18.1 Å². The number of anilines is 1. The number of nitrogens with zero attached hydrogens (tertiary/aromatic N) is 3. The van der Waals surface area contributed by atoms with E-state index in [1.54, 1.807) is 23.0 Å². The molecule has 0 aliphatic carbocycles. The molecule has 0 atom stereocenters. The highest BCUT2D eigenvalue weighted by atomic mass is 35.5. The molecule has 1 N–H and O–H groups in total. The first-order chi connectivity index (χ1) is 14.1. The van der Waals surface area contributed by atoms with Crippen molar-refractivity contribution >= 4 is 38.2 Å². The second-order valence-corrected chi connectivity index (χ2v) is 10.1. The predicted octanol–water partition coefficient (Wildman–Crippen LogP) is 5.17. The van der Waals surface area contributed by atoms with Crippen molar-refractivity contribution in [2.75, 3.05) is 4.72 Å². The van der Waals surface area contributed by atoms with Gasteiger partial charge in [0, 0.05) is 11.6 Å². The summed E-state index contributed by atoms with van der Waals surface area (Å²) in [6.45, 7) is 6.23. The first-order valence-electron chi connectivity index (χ1n) is 9.37. The van der Waals surface area contributed by atoms with Gasteiger partial charge < -0.3 is 0 Å². The second-order valence-electron chi connectivity index (χ2n) is 8.02. The van der Waals surface area contributed by atoms with Crippen LogP contribution in [0.15, 0.2) is 71.9 Å². The van der Waals surface area contributed by atoms with Crippen LogP contribution in [0.3, 0.4) is 0 Å². The fraction of sp³-hybridized carbons (Fsp3) is 0.182. The van der Waals surface area contributed by atoms with Crippen molar-refractivity contribution in [3.63, 3.8) is 0 Å². The summed E-state index contributed by atoms with van der Waals surface area (Å²) in [4.78, 5) is 4.50. The molecule has 0 aliphatic heterocycles. The molecule has 2 aromatic carbocycles. The highest BCUT2D eigenvalue weighted by Gasteiger charge is 2.21. The van der Waals surface area contributed by atoms with Gasteiger partial charge in [0.05, 0.1) is 27.3 Å². The van der Waals surface area contributed by atoms with Crippen LogP contribution in [0.25, 0.3) is 16.7 Å². The van der Waals surface area contributed by atoms with Gasteiger partial charge in [-0.2, -0.15) is 5.10 Å². The Balaban J connectivity index is 1.75. The summed E-state index contributed by atoms with van der Waals surface area (Å²) in [5.41, 5.74) is 2.04. The number of hydrogen-bond donors (Lipinski definition) is 1. The second kappa shape index (κ2) is 7.41. The molecule has 0 bridgehead atoms. The Morgan fingerprint density at radius 2 is 1.70 bits per heavy atom. The molecule has 0 aliphatic rings. The van der Waals surface area contributed by atoms with Gasteiger partial charge in [-0.05, 0) is 35.2 Å². The van der Waals surface area contributed by atoms with E-state index >= 15 is 0 Å². The van der Waals surface area contributed by atoms with E-state index in [0.29, 0.717) is 10.8 Å². The molecule has 30 heavy (non-hydrogen) atoms. The van der Waals surface area contributed by atoms with Gasteiger partial charge in [0.2, 0.25) is 0 Å². The number of pyridine rings is 1. The van der Waals surface area contributed by atoms with Crippen LogP contribution in [0.5, 0.6) is 0 Å². The minimum atomic E-state index is -3.85. The lowest BCUT2D eigenvalue weighted by molar-refractivity contribution is 0.587. The zero-order valence-electron chi connectivity index (χ0n) is 16.8. The van der Waals surface area contributed by atoms with Gasteiger partial charge in [0.1, 0.15) is 0 Å². The van der Waals surface area contributed by atoms with Crippen LogP contribution in [0, 0.1) is 0 Å². The summed E-state index contributed by atoms with van der Waals surface area (Å²) < 4.78 is 30.3. The van der Waals surface area contributed by atoms with Crippen molar-refractivity contribution in [2.45, 2.75) is 31.1 Å². The van der Waals surface area contributed by atoms with Crippen molar-refractivity contribution in [1.82, 2.24) is 14.8 Å². The fourth-order valence-corrected chi connectivity index (χ4v) is 4.36. The highest BCUT2D eigenvalue weighted by Crippen LogP contribution is 2.28. The van der Waals surface area contributed by atoms with Crippen LogP contribution in [0.1, 0.15) is 26.3 Å². The molecule has 0 radical (unpaired) electrons. The van der Waals surface area contributed by atoms with Crippen molar-refractivity contribution in [2.24, 2.45) is 0 Å². The van der Waals surface area contributed by atoms with E-state index in [9.17, 15) is 8.42 Å². The van der Waals surface area contributed by atoms with Crippen LogP contribution < -0.4 is 4.72 Å². The number of benzene rings is 2. The van der Waals surface area contributed by atoms with Crippen LogP contribution in [-0.4, -0.2) is 23.2 Å². The Hall–Kier alpha value is -2.90. The van der Waals surface area contributed by atoms with Gasteiger partial charge in [-0.1, -0.05) is 62.7 Å². The zero-order chi connectivity index (χ0) is 21.5. The molecule has 2 heterocycles. The lowest BCUT2D eigenvalue weighted by Gasteiger charge is -2.19. The Kier molecular flexibility index (Phi) is 5.03. The topological polar surface area (TPSA) is 76.9 Å². The SMILES string of the molecule is CC(C)(C)c1ccc(S(=O)(=O)Nc2cc(Cl)cnc2-n2ncc3ccccc32)cc1. The molecule has 4 aromatic rings. The first kappa shape index (κ1) is 20.4. The number of hydrogen-bond acceptors (Lipinski definition) is 4. The smallest absolute Gasteiger partial charge is 0.262 e. The third-order valence-corrected chi connectivity index (χ3v) is 6.37. The van der Waals surface area contributed by atoms with Gasteiger partial charge in [0.15, 0.2) is 5.82 Å². The van der Waals surface area contributed by atoms with E-state index in [1.165, 1.54) is 12.3 Å². The van der Waals surface area contributed by atoms with Crippen LogP contribution >= 0.6 is 11.6 Å². The number of rotatable bonds is 4. The quantitative estimate of drug-likeness (QED) is 0.474. The molecule has 0 amide bonds. The predicted molar refractivity (Wildman–Crippen MR) is 120 cm³/mol. The average molecular weight is 441 g/mol. The Morgan fingerprint density at radius 1 is 1.00 bits per heavy atom. The van der Waals surface area contributed by atoms with E-state index in [4.69, 9.17) is 11.6 Å². The lowest BCUT2D eigenvalue weighted by Crippen LogP contribution is -2.16. The summed E-state index contributed by atoms with van der Waals surface area (Å²) in [6.07, 6.45) is 3.17. The molecule has 2 aromatic heterocycles. The van der Waals surface area contributed by atoms with E-state index in [-0.39, 0.29) is 16.0 Å². The van der Waals surface area contributed by atoms with E-state index in [1.807, 2.05) is 36.4 Å². The Bertz CT molecular complexity index is 1320. The maximum Gasteiger partial charge on any atom is 0.262 e. The van der Waals surface area contributed by atoms with Crippen molar-refractivity contribution in [3.05, 3.63) is 77.6 Å². The van der Waals surface area contributed by atoms with Crippen LogP contribution in [-0.2, 0) is 15.4 Å². The summed E-state index contributed by atoms with van der Waals surface area (Å²) in [6, 6.07) is 16.0. The van der Waals surface area contributed by atoms with E-state index < -0.39 is 10.0 Å². The first-order valence-corrected chi connectivity index (χ1v) is 11.2. The molecule has 6 nitrogen and oxygen atoms in total. The maximum absolute atomic E-state index is 13.0. The van der Waals surface area contributed by atoms with Gasteiger partial charge in [0.25, 0.3) is 10.0 Å². The molecule has 0 unspecified atom stereocenters. The van der Waals surface area contributed by atoms with E-state index in [0.717, 1.165) is 16.5 Å². The normalized spacial score (nSPS) is 12.3. The average Bonchev–Trinajstić information content (AvgIpc) is 3.11. The summed E-state index contributed by atoms with van der Waals surface area (Å²) in [7, 11) is -3.85. The summed E-state index contributed by atoms with van der Waals surface area (Å²) >= 11 is 6.12. The molecule has 0 fully saturated rings. The summed E-state index contributed by atoms with van der Waals surface area (Å²) in [5.74, 6) is 0.343. The lowest BCUT2D eigenvalue weighted by atomic mass is 9.87. The van der Waals surface area contributed by atoms with Gasteiger partial charge in [-0.15, -0.1) is 0 Å². The number of nitrogens with one attached hydrogen (secondary N) is 1. The molecule has 0 spiro atoms. The minimum Gasteiger partial charge on any atom is -0.276 e. The molecule has 0 saturated heterocycles. The van der Waals surface area contributed by atoms with Crippen molar-refractivity contribution in [1.29, 1.82) is 0 Å². The highest BCUT2D eigenvalue weighted by molar-refractivity contribution is 7.92. The number of sulfonamides is 1. The van der Waals surface area contributed by atoms with Crippen LogP contribution in [0.4, 0.5) is 5.69 Å². The largest absolute Gasteiger partial charge is 0.276 e. The maximum atomic E-state index is 13.0. The standard InChI is InChI=1S/C22H21ClN4O2S/c1-22(2,3)16-8-10-18(11-9-16)30(28,29)26-19-12-17(23)14-24-21(19)27-20-7-5-4-6-15(20)13-25-27/h4-14,26H,1-3H3. The number of aromatic nitrogens is 3. The number of halogens is 1. The number of para-hydroxylation sites is 1. The molecular formula is C22H21ClN4O2S. The van der Waals surface area contributed by atoms with Crippen molar-refractivity contribution in [3.8, 4) is 5.82 Å². The monoisotopic (exact) mass is 440 g/mol. The molecule has 0 saturated carbocycles. The molecular weight excluding hydrogens is 420 g/mol. The van der Waals surface area contributed by atoms with Crippen molar-refractivity contribution < 1.29 is 8.42 Å². The summed E-state index contributed by atoms with van der Waals surface area (Å²) in [5, 5.41) is 5.61. The molecule has 154 valence electrons. The minimum absolute atomic E-state index is 0.0685. The third-order valence-electron chi connectivity index (χ3n) is 4.79. The molecule has 4 rings (SSSR count). The Labute approximate surface area is 180 Å². The van der Waals surface area contributed by atoms with Gasteiger partial charge >= 0.3 is 0 Å². The fourth-order valence-electron chi connectivity index (χ4n) is 3.15. The van der Waals surface area contributed by atoms with Crippen LogP contribution in [0.2, 0.25) is 5.02 Å². The number of fused-ring (bicyclic) bond motifs is 1. The molecule has 8 heteroatoms. The Morgan fingerprint density at radius 3 is 2.40 bits per heavy atom. The van der Waals surface area contributed by atoms with Gasteiger partial charge in [-0.3, -0.25) is 4.72 Å².